The van der Waals surface area contributed by atoms with E-state index in [-0.39, 0.29) is 13.2 Å². The van der Waals surface area contributed by atoms with Gasteiger partial charge < -0.3 is 28.6 Å². The topological polar surface area (TPSA) is 78.2 Å². The molecule has 188 valence electrons. The predicted octanol–water partition coefficient (Wildman–Crippen LogP) is 3.66. The number of halogens is 1. The van der Waals surface area contributed by atoms with Crippen molar-refractivity contribution in [3.63, 3.8) is 0 Å². The van der Waals surface area contributed by atoms with Crippen LogP contribution in [0.5, 0.6) is 17.2 Å². The molecular weight excluding hydrogens is 470 g/mol. The molecular formula is C26H32ClN3O5. The number of hydrogen-bond donors (Lipinski definition) is 1. The zero-order chi connectivity index (χ0) is 24.5. The van der Waals surface area contributed by atoms with Crippen LogP contribution in [-0.4, -0.2) is 71.8 Å². The minimum atomic E-state index is -1.13. The van der Waals surface area contributed by atoms with E-state index in [1.165, 1.54) is 0 Å². The maximum Gasteiger partial charge on any atom is 0.161 e. The van der Waals surface area contributed by atoms with E-state index < -0.39 is 5.60 Å². The summed E-state index contributed by atoms with van der Waals surface area (Å²) in [7, 11) is 1.64. The first kappa shape index (κ1) is 25.3. The van der Waals surface area contributed by atoms with E-state index in [9.17, 15) is 5.11 Å². The Labute approximate surface area is 211 Å². The Morgan fingerprint density at radius 2 is 2.00 bits per heavy atom. The summed E-state index contributed by atoms with van der Waals surface area (Å²) in [5.41, 5.74) is -0.0619. The Balaban J connectivity index is 1.34. The zero-order valence-corrected chi connectivity index (χ0v) is 20.7. The molecule has 2 aromatic carbocycles. The molecule has 1 aromatic heterocycles. The molecule has 1 aliphatic rings. The summed E-state index contributed by atoms with van der Waals surface area (Å²) in [6.45, 7) is 4.05. The lowest BCUT2D eigenvalue weighted by Crippen LogP contribution is -2.48. The molecule has 8 nitrogen and oxygen atoms in total. The summed E-state index contributed by atoms with van der Waals surface area (Å²) in [5, 5.41) is 11.8. The number of aromatic nitrogens is 2. The molecule has 4 rings (SSSR count). The Hall–Kier alpha value is -2.78. The summed E-state index contributed by atoms with van der Waals surface area (Å²) in [6.07, 6.45) is 6.36. The molecule has 1 N–H and O–H groups in total. The number of hydrogen-bond acceptors (Lipinski definition) is 7. The van der Waals surface area contributed by atoms with Crippen molar-refractivity contribution in [3.05, 3.63) is 71.8 Å². The van der Waals surface area contributed by atoms with Crippen LogP contribution in [0.25, 0.3) is 0 Å². The Morgan fingerprint density at radius 1 is 1.14 bits per heavy atom. The van der Waals surface area contributed by atoms with Crippen LogP contribution in [-0.2, 0) is 17.8 Å². The normalized spacial score (nSPS) is 18.7. The van der Waals surface area contributed by atoms with Crippen LogP contribution in [0, 0.1) is 0 Å². The predicted molar refractivity (Wildman–Crippen MR) is 133 cm³/mol. The summed E-state index contributed by atoms with van der Waals surface area (Å²) < 4.78 is 25.1. The molecule has 0 bridgehead atoms. The van der Waals surface area contributed by atoms with Gasteiger partial charge in [0.1, 0.15) is 18.0 Å². The van der Waals surface area contributed by atoms with Gasteiger partial charge in [-0.2, -0.15) is 0 Å². The smallest absolute Gasteiger partial charge is 0.161 e. The SMILES string of the molecule is COc1ccc(CN2CCOCC(O)(COc3ccc(Cl)cc3)C2)cc1OCCCn1ccnc1. The number of ether oxygens (including phenoxy) is 4. The minimum Gasteiger partial charge on any atom is -0.493 e. The number of rotatable bonds is 11. The average Bonchev–Trinajstić information content (AvgIpc) is 3.31. The molecule has 0 amide bonds. The van der Waals surface area contributed by atoms with E-state index >= 15 is 0 Å². The molecule has 0 saturated carbocycles. The molecule has 1 unspecified atom stereocenters. The fourth-order valence-corrected chi connectivity index (χ4v) is 4.13. The highest BCUT2D eigenvalue weighted by molar-refractivity contribution is 6.30. The summed E-state index contributed by atoms with van der Waals surface area (Å²) in [6, 6.07) is 13.0. The number of imidazole rings is 1. The lowest BCUT2D eigenvalue weighted by Gasteiger charge is -2.30. The Bertz CT molecular complexity index is 1050. The molecule has 35 heavy (non-hydrogen) atoms. The van der Waals surface area contributed by atoms with E-state index in [0.29, 0.717) is 55.1 Å². The molecule has 0 spiro atoms. The third-order valence-corrected chi connectivity index (χ3v) is 6.03. The van der Waals surface area contributed by atoms with Gasteiger partial charge in [0.05, 0.1) is 33.3 Å². The number of aryl methyl sites for hydroxylation is 1. The average molecular weight is 502 g/mol. The van der Waals surface area contributed by atoms with Gasteiger partial charge in [0, 0.05) is 43.6 Å². The molecule has 1 atom stereocenters. The maximum atomic E-state index is 11.2. The van der Waals surface area contributed by atoms with Crippen molar-refractivity contribution in [2.75, 3.05) is 46.6 Å². The van der Waals surface area contributed by atoms with Crippen molar-refractivity contribution in [1.82, 2.24) is 14.5 Å². The standard InChI is InChI=1S/C26H32ClN3O5/c1-32-24-8-3-21(15-25(24)34-13-2-10-29-11-9-28-20-29)16-30-12-14-33-18-26(31,17-30)19-35-23-6-4-22(27)5-7-23/h3-9,11,15,20,31H,2,10,12-14,16-19H2,1H3. The summed E-state index contributed by atoms with van der Waals surface area (Å²) in [5.74, 6) is 2.06. The number of aliphatic hydroxyl groups is 1. The third-order valence-electron chi connectivity index (χ3n) is 5.77. The Morgan fingerprint density at radius 3 is 2.77 bits per heavy atom. The summed E-state index contributed by atoms with van der Waals surface area (Å²) >= 11 is 5.94. The third kappa shape index (κ3) is 7.60. The van der Waals surface area contributed by atoms with Crippen molar-refractivity contribution in [1.29, 1.82) is 0 Å². The van der Waals surface area contributed by atoms with Gasteiger partial charge in [0.25, 0.3) is 0 Å². The van der Waals surface area contributed by atoms with Gasteiger partial charge in [-0.05, 0) is 48.4 Å². The number of methoxy groups -OCH3 is 1. The van der Waals surface area contributed by atoms with E-state index in [4.69, 9.17) is 30.5 Å². The van der Waals surface area contributed by atoms with Crippen molar-refractivity contribution in [2.45, 2.75) is 25.1 Å². The van der Waals surface area contributed by atoms with Gasteiger partial charge in [0.15, 0.2) is 11.5 Å². The van der Waals surface area contributed by atoms with E-state index in [0.717, 1.165) is 18.5 Å². The molecule has 3 aromatic rings. The van der Waals surface area contributed by atoms with Crippen molar-refractivity contribution in [3.8, 4) is 17.2 Å². The van der Waals surface area contributed by atoms with E-state index in [2.05, 4.69) is 9.88 Å². The second-order valence-corrected chi connectivity index (χ2v) is 9.15. The lowest BCUT2D eigenvalue weighted by molar-refractivity contribution is -0.0646. The molecule has 0 aliphatic carbocycles. The van der Waals surface area contributed by atoms with Crippen molar-refractivity contribution >= 4 is 11.6 Å². The highest BCUT2D eigenvalue weighted by Gasteiger charge is 2.33. The van der Waals surface area contributed by atoms with Crippen LogP contribution in [0.2, 0.25) is 5.02 Å². The van der Waals surface area contributed by atoms with E-state index in [1.807, 2.05) is 29.0 Å². The first-order valence-corrected chi connectivity index (χ1v) is 12.1. The lowest BCUT2D eigenvalue weighted by atomic mass is 10.1. The molecule has 1 aliphatic heterocycles. The quantitative estimate of drug-likeness (QED) is 0.402. The van der Waals surface area contributed by atoms with Crippen LogP contribution < -0.4 is 14.2 Å². The van der Waals surface area contributed by atoms with Gasteiger partial charge in [0.2, 0.25) is 0 Å². The monoisotopic (exact) mass is 501 g/mol. The van der Waals surface area contributed by atoms with Crippen LogP contribution in [0.4, 0.5) is 0 Å². The first-order valence-electron chi connectivity index (χ1n) is 11.7. The van der Waals surface area contributed by atoms with Crippen LogP contribution in [0.3, 0.4) is 0 Å². The molecule has 0 radical (unpaired) electrons. The zero-order valence-electron chi connectivity index (χ0n) is 19.9. The van der Waals surface area contributed by atoms with E-state index in [1.54, 1.807) is 43.9 Å². The Kier molecular flexibility index (Phi) is 8.87. The maximum absolute atomic E-state index is 11.2. The largest absolute Gasteiger partial charge is 0.493 e. The second kappa shape index (κ2) is 12.3. The number of nitrogens with zero attached hydrogens (tertiary/aromatic N) is 3. The highest BCUT2D eigenvalue weighted by Crippen LogP contribution is 2.29. The van der Waals surface area contributed by atoms with Gasteiger partial charge in [-0.25, -0.2) is 4.98 Å². The molecule has 1 fully saturated rings. The van der Waals surface area contributed by atoms with Crippen LogP contribution in [0.15, 0.2) is 61.2 Å². The fraction of sp³-hybridized carbons (Fsp3) is 0.423. The van der Waals surface area contributed by atoms with Crippen molar-refractivity contribution in [2.24, 2.45) is 0 Å². The molecule has 9 heteroatoms. The van der Waals surface area contributed by atoms with Crippen LogP contribution in [0.1, 0.15) is 12.0 Å². The first-order chi connectivity index (χ1) is 17.0. The summed E-state index contributed by atoms with van der Waals surface area (Å²) in [4.78, 5) is 6.23. The van der Waals surface area contributed by atoms with Crippen LogP contribution >= 0.6 is 11.6 Å². The molecule has 2 heterocycles. The number of β-amino-alcohol motifs (C(OH)–C–C–N with tert-alkyl or cyclic N) is 1. The van der Waals surface area contributed by atoms with Gasteiger partial charge >= 0.3 is 0 Å². The highest BCUT2D eigenvalue weighted by atomic mass is 35.5. The second-order valence-electron chi connectivity index (χ2n) is 8.72. The fourth-order valence-electron chi connectivity index (χ4n) is 4.01. The van der Waals surface area contributed by atoms with Crippen molar-refractivity contribution < 1.29 is 24.1 Å². The minimum absolute atomic E-state index is 0.124. The van der Waals surface area contributed by atoms with Gasteiger partial charge in [-0.1, -0.05) is 17.7 Å². The van der Waals surface area contributed by atoms with Gasteiger partial charge in [-0.15, -0.1) is 0 Å². The molecule has 1 saturated heterocycles. The van der Waals surface area contributed by atoms with Gasteiger partial charge in [-0.3, -0.25) is 4.90 Å². The number of benzene rings is 2.